The highest BCUT2D eigenvalue weighted by atomic mass is 16.5. The van der Waals surface area contributed by atoms with E-state index in [2.05, 4.69) is 13.5 Å². The van der Waals surface area contributed by atoms with Gasteiger partial charge in [0.25, 0.3) is 0 Å². The maximum Gasteiger partial charge on any atom is 0.305 e. The molecule has 0 bridgehead atoms. The SMILES string of the molecule is C=CCCC(C)COC(=O)CC. The summed E-state index contributed by atoms with van der Waals surface area (Å²) < 4.78 is 4.98. The number of esters is 1. The largest absolute Gasteiger partial charge is 0.465 e. The van der Waals surface area contributed by atoms with E-state index in [1.54, 1.807) is 6.92 Å². The summed E-state index contributed by atoms with van der Waals surface area (Å²) in [5.74, 6) is 0.332. The van der Waals surface area contributed by atoms with E-state index in [1.165, 1.54) is 0 Å². The van der Waals surface area contributed by atoms with Crippen LogP contribution in [-0.2, 0) is 9.53 Å². The second-order valence-corrected chi connectivity index (χ2v) is 3.01. The summed E-state index contributed by atoms with van der Waals surface area (Å²) in [4.78, 5) is 10.7. The van der Waals surface area contributed by atoms with Gasteiger partial charge in [0.15, 0.2) is 0 Å². The Morgan fingerprint density at radius 3 is 2.83 bits per heavy atom. The van der Waals surface area contributed by atoms with Crippen LogP contribution in [0.1, 0.15) is 33.1 Å². The first-order valence-corrected chi connectivity index (χ1v) is 4.47. The van der Waals surface area contributed by atoms with Gasteiger partial charge in [-0.2, -0.15) is 0 Å². The Balaban J connectivity index is 3.36. The van der Waals surface area contributed by atoms with Crippen LogP contribution in [0.25, 0.3) is 0 Å². The Hall–Kier alpha value is -0.790. The molecule has 0 heterocycles. The van der Waals surface area contributed by atoms with Crippen LogP contribution in [0.5, 0.6) is 0 Å². The van der Waals surface area contributed by atoms with Gasteiger partial charge in [-0.3, -0.25) is 4.79 Å². The van der Waals surface area contributed by atoms with Crippen LogP contribution < -0.4 is 0 Å². The topological polar surface area (TPSA) is 26.3 Å². The van der Waals surface area contributed by atoms with Crippen LogP contribution in [0.15, 0.2) is 12.7 Å². The van der Waals surface area contributed by atoms with Gasteiger partial charge >= 0.3 is 5.97 Å². The summed E-state index contributed by atoms with van der Waals surface area (Å²) in [6.07, 6.45) is 4.39. The number of rotatable bonds is 6. The van der Waals surface area contributed by atoms with E-state index in [1.807, 2.05) is 6.08 Å². The van der Waals surface area contributed by atoms with Gasteiger partial charge < -0.3 is 4.74 Å². The van der Waals surface area contributed by atoms with Crippen molar-refractivity contribution in [1.82, 2.24) is 0 Å². The maximum absolute atomic E-state index is 10.7. The van der Waals surface area contributed by atoms with Crippen molar-refractivity contribution in [2.45, 2.75) is 33.1 Å². The molecule has 0 N–H and O–H groups in total. The fourth-order valence-electron chi connectivity index (χ4n) is 0.823. The number of allylic oxidation sites excluding steroid dienone is 1. The predicted octanol–water partition coefficient (Wildman–Crippen LogP) is 2.54. The van der Waals surface area contributed by atoms with Gasteiger partial charge in [0.2, 0.25) is 0 Å². The quantitative estimate of drug-likeness (QED) is 0.452. The Morgan fingerprint density at radius 2 is 2.33 bits per heavy atom. The molecule has 12 heavy (non-hydrogen) atoms. The van der Waals surface area contributed by atoms with Crippen LogP contribution in [0.2, 0.25) is 0 Å². The molecule has 0 aliphatic rings. The molecule has 1 unspecified atom stereocenters. The van der Waals surface area contributed by atoms with E-state index in [9.17, 15) is 4.79 Å². The van der Waals surface area contributed by atoms with Crippen molar-refractivity contribution in [2.24, 2.45) is 5.92 Å². The van der Waals surface area contributed by atoms with E-state index in [0.717, 1.165) is 12.8 Å². The van der Waals surface area contributed by atoms with Crippen molar-refractivity contribution < 1.29 is 9.53 Å². The number of hydrogen-bond acceptors (Lipinski definition) is 2. The highest BCUT2D eigenvalue weighted by Gasteiger charge is 2.04. The predicted molar refractivity (Wildman–Crippen MR) is 49.8 cm³/mol. The van der Waals surface area contributed by atoms with Gasteiger partial charge in [-0.15, -0.1) is 6.58 Å². The first-order valence-electron chi connectivity index (χ1n) is 4.47. The number of carbonyl (C=O) groups is 1. The van der Waals surface area contributed by atoms with Gasteiger partial charge in [0.1, 0.15) is 0 Å². The summed E-state index contributed by atoms with van der Waals surface area (Å²) in [7, 11) is 0. The monoisotopic (exact) mass is 170 g/mol. The molecular weight excluding hydrogens is 152 g/mol. The Morgan fingerprint density at radius 1 is 1.67 bits per heavy atom. The van der Waals surface area contributed by atoms with Gasteiger partial charge in [-0.1, -0.05) is 19.9 Å². The van der Waals surface area contributed by atoms with E-state index in [-0.39, 0.29) is 5.97 Å². The van der Waals surface area contributed by atoms with Crippen LogP contribution >= 0.6 is 0 Å². The molecule has 0 saturated heterocycles. The van der Waals surface area contributed by atoms with Crippen LogP contribution in [0.3, 0.4) is 0 Å². The molecule has 0 aliphatic heterocycles. The van der Waals surface area contributed by atoms with Crippen molar-refractivity contribution in [1.29, 1.82) is 0 Å². The fourth-order valence-corrected chi connectivity index (χ4v) is 0.823. The van der Waals surface area contributed by atoms with Gasteiger partial charge in [-0.05, 0) is 18.8 Å². The van der Waals surface area contributed by atoms with Crippen molar-refractivity contribution >= 4 is 5.97 Å². The zero-order valence-corrected chi connectivity index (χ0v) is 8.01. The third-order valence-electron chi connectivity index (χ3n) is 1.68. The lowest BCUT2D eigenvalue weighted by atomic mass is 10.1. The maximum atomic E-state index is 10.7. The van der Waals surface area contributed by atoms with Crippen molar-refractivity contribution in [2.75, 3.05) is 6.61 Å². The molecule has 0 amide bonds. The number of hydrogen-bond donors (Lipinski definition) is 0. The van der Waals surface area contributed by atoms with E-state index in [0.29, 0.717) is 18.9 Å². The zero-order valence-electron chi connectivity index (χ0n) is 8.01. The van der Waals surface area contributed by atoms with Crippen LogP contribution in [0.4, 0.5) is 0 Å². The highest BCUT2D eigenvalue weighted by Crippen LogP contribution is 2.06. The highest BCUT2D eigenvalue weighted by molar-refractivity contribution is 5.68. The molecule has 2 nitrogen and oxygen atoms in total. The average molecular weight is 170 g/mol. The first kappa shape index (κ1) is 11.2. The molecule has 0 aromatic heterocycles. The third-order valence-corrected chi connectivity index (χ3v) is 1.68. The standard InChI is InChI=1S/C10H18O2/c1-4-6-7-9(3)8-12-10(11)5-2/h4,9H,1,5-8H2,2-3H3. The minimum absolute atomic E-state index is 0.111. The molecule has 0 aliphatic carbocycles. The van der Waals surface area contributed by atoms with Crippen molar-refractivity contribution in [3.05, 3.63) is 12.7 Å². The normalized spacial score (nSPS) is 12.2. The summed E-state index contributed by atoms with van der Waals surface area (Å²) >= 11 is 0. The van der Waals surface area contributed by atoms with E-state index in [4.69, 9.17) is 4.74 Å². The summed E-state index contributed by atoms with van der Waals surface area (Å²) in [5, 5.41) is 0. The van der Waals surface area contributed by atoms with Crippen LogP contribution in [-0.4, -0.2) is 12.6 Å². The minimum atomic E-state index is -0.111. The van der Waals surface area contributed by atoms with E-state index >= 15 is 0 Å². The Bertz CT molecular complexity index is 141. The Labute approximate surface area is 74.6 Å². The molecule has 0 saturated carbocycles. The lowest BCUT2D eigenvalue weighted by Gasteiger charge is -2.09. The molecule has 0 aromatic carbocycles. The number of carbonyl (C=O) groups excluding carboxylic acids is 1. The summed E-state index contributed by atoms with van der Waals surface area (Å²) in [5.41, 5.74) is 0. The average Bonchev–Trinajstić information content (AvgIpc) is 2.10. The lowest BCUT2D eigenvalue weighted by molar-refractivity contribution is -0.144. The zero-order chi connectivity index (χ0) is 9.40. The molecule has 0 aromatic rings. The molecule has 0 spiro atoms. The smallest absolute Gasteiger partial charge is 0.305 e. The Kier molecular flexibility index (Phi) is 6.44. The van der Waals surface area contributed by atoms with Crippen molar-refractivity contribution in [3.63, 3.8) is 0 Å². The van der Waals surface area contributed by atoms with Gasteiger partial charge in [0.05, 0.1) is 6.61 Å². The first-order chi connectivity index (χ1) is 5.70. The molecule has 70 valence electrons. The number of ether oxygens (including phenoxy) is 1. The summed E-state index contributed by atoms with van der Waals surface area (Å²) in [6, 6.07) is 0. The summed E-state index contributed by atoms with van der Waals surface area (Å²) in [6.45, 7) is 8.06. The minimum Gasteiger partial charge on any atom is -0.465 e. The molecule has 0 fully saturated rings. The second kappa shape index (κ2) is 6.89. The van der Waals surface area contributed by atoms with E-state index < -0.39 is 0 Å². The fraction of sp³-hybridized carbons (Fsp3) is 0.700. The lowest BCUT2D eigenvalue weighted by Crippen LogP contribution is -2.10. The molecule has 0 rings (SSSR count). The third kappa shape index (κ3) is 5.96. The second-order valence-electron chi connectivity index (χ2n) is 3.01. The molecule has 2 heteroatoms. The van der Waals surface area contributed by atoms with Gasteiger partial charge in [-0.25, -0.2) is 0 Å². The van der Waals surface area contributed by atoms with Gasteiger partial charge in [0, 0.05) is 6.42 Å². The molecule has 0 radical (unpaired) electrons. The molecule has 1 atom stereocenters. The van der Waals surface area contributed by atoms with Crippen LogP contribution in [0, 0.1) is 5.92 Å². The van der Waals surface area contributed by atoms with Crippen molar-refractivity contribution in [3.8, 4) is 0 Å². The molecular formula is C10H18O2.